The van der Waals surface area contributed by atoms with Gasteiger partial charge in [-0.2, -0.15) is 0 Å². The van der Waals surface area contributed by atoms with Crippen molar-refractivity contribution in [3.05, 3.63) is 60.2 Å². The van der Waals surface area contributed by atoms with E-state index < -0.39 is 6.04 Å². The summed E-state index contributed by atoms with van der Waals surface area (Å²) >= 11 is 0. The Hall–Kier alpha value is -2.82. The van der Waals surface area contributed by atoms with Gasteiger partial charge in [0.05, 0.1) is 12.8 Å². The highest BCUT2D eigenvalue weighted by Gasteiger charge is 2.38. The van der Waals surface area contributed by atoms with Crippen LogP contribution in [0.2, 0.25) is 0 Å². The molecular weight excluding hydrogens is 292 g/mol. The second-order valence-corrected chi connectivity index (χ2v) is 5.40. The largest absolute Gasteiger partial charge is 0.497 e. The molecule has 1 saturated heterocycles. The summed E-state index contributed by atoms with van der Waals surface area (Å²) in [5, 5.41) is 2.76. The minimum Gasteiger partial charge on any atom is -0.497 e. The molecule has 1 aliphatic heterocycles. The Bertz CT molecular complexity index is 715. The quantitative estimate of drug-likeness (QED) is 0.864. The SMILES string of the molecule is COc1cccc(N2C(=O)NC(CCc3ccccc3)C2=O)c1. The minimum absolute atomic E-state index is 0.223. The van der Waals surface area contributed by atoms with Gasteiger partial charge in [-0.1, -0.05) is 36.4 Å². The Kier molecular flexibility index (Phi) is 4.28. The van der Waals surface area contributed by atoms with E-state index in [-0.39, 0.29) is 11.9 Å². The number of hydrogen-bond acceptors (Lipinski definition) is 3. The molecule has 1 heterocycles. The molecule has 118 valence electrons. The van der Waals surface area contributed by atoms with Gasteiger partial charge in [-0.15, -0.1) is 0 Å². The van der Waals surface area contributed by atoms with E-state index in [9.17, 15) is 9.59 Å². The summed E-state index contributed by atoms with van der Waals surface area (Å²) in [6.07, 6.45) is 1.32. The van der Waals surface area contributed by atoms with Crippen molar-refractivity contribution in [2.24, 2.45) is 0 Å². The van der Waals surface area contributed by atoms with Crippen molar-refractivity contribution < 1.29 is 14.3 Å². The first-order valence-electron chi connectivity index (χ1n) is 7.51. The first-order chi connectivity index (χ1) is 11.2. The molecule has 0 aliphatic carbocycles. The highest BCUT2D eigenvalue weighted by atomic mass is 16.5. The zero-order valence-electron chi connectivity index (χ0n) is 12.9. The summed E-state index contributed by atoms with van der Waals surface area (Å²) < 4.78 is 5.15. The molecule has 0 bridgehead atoms. The molecule has 0 radical (unpaired) electrons. The molecule has 1 unspecified atom stereocenters. The molecule has 0 spiro atoms. The molecular formula is C18H18N2O3. The summed E-state index contributed by atoms with van der Waals surface area (Å²) in [5.74, 6) is 0.384. The number of nitrogens with one attached hydrogen (secondary N) is 1. The maximum atomic E-state index is 12.5. The van der Waals surface area contributed by atoms with Crippen LogP contribution >= 0.6 is 0 Å². The van der Waals surface area contributed by atoms with E-state index >= 15 is 0 Å². The van der Waals surface area contributed by atoms with E-state index in [0.29, 0.717) is 17.9 Å². The van der Waals surface area contributed by atoms with E-state index in [4.69, 9.17) is 4.74 Å². The number of hydrogen-bond donors (Lipinski definition) is 1. The van der Waals surface area contributed by atoms with Gasteiger partial charge in [-0.25, -0.2) is 9.69 Å². The summed E-state index contributed by atoms with van der Waals surface area (Å²) in [6, 6.07) is 16.0. The van der Waals surface area contributed by atoms with E-state index in [1.807, 2.05) is 30.3 Å². The van der Waals surface area contributed by atoms with Crippen molar-refractivity contribution in [2.45, 2.75) is 18.9 Å². The van der Waals surface area contributed by atoms with Crippen LogP contribution in [0.15, 0.2) is 54.6 Å². The van der Waals surface area contributed by atoms with E-state index in [1.165, 1.54) is 4.90 Å². The van der Waals surface area contributed by atoms with Crippen LogP contribution in [0, 0.1) is 0 Å². The molecule has 1 aliphatic rings. The third-order valence-corrected chi connectivity index (χ3v) is 3.90. The van der Waals surface area contributed by atoms with Crippen LogP contribution in [-0.2, 0) is 11.2 Å². The molecule has 5 nitrogen and oxygen atoms in total. The normalized spacial score (nSPS) is 17.3. The number of anilines is 1. The Morgan fingerprint density at radius 2 is 1.87 bits per heavy atom. The van der Waals surface area contributed by atoms with Crippen LogP contribution in [0.5, 0.6) is 5.75 Å². The van der Waals surface area contributed by atoms with Gasteiger partial charge in [-0.05, 0) is 30.5 Å². The predicted molar refractivity (Wildman–Crippen MR) is 87.6 cm³/mol. The molecule has 2 aromatic rings. The lowest BCUT2D eigenvalue weighted by Gasteiger charge is -2.14. The lowest BCUT2D eigenvalue weighted by molar-refractivity contribution is -0.118. The fraction of sp³-hybridized carbons (Fsp3) is 0.222. The second-order valence-electron chi connectivity index (χ2n) is 5.40. The Morgan fingerprint density at radius 1 is 1.09 bits per heavy atom. The number of carbonyl (C=O) groups is 2. The number of nitrogens with zero attached hydrogens (tertiary/aromatic N) is 1. The smallest absolute Gasteiger partial charge is 0.329 e. The van der Waals surface area contributed by atoms with Crippen molar-refractivity contribution in [1.29, 1.82) is 0 Å². The monoisotopic (exact) mass is 310 g/mol. The molecule has 0 aromatic heterocycles. The van der Waals surface area contributed by atoms with Gasteiger partial charge >= 0.3 is 6.03 Å². The first-order valence-corrected chi connectivity index (χ1v) is 7.51. The molecule has 1 atom stereocenters. The van der Waals surface area contributed by atoms with E-state index in [2.05, 4.69) is 5.32 Å². The highest BCUT2D eigenvalue weighted by molar-refractivity contribution is 6.21. The van der Waals surface area contributed by atoms with Crippen LogP contribution in [-0.4, -0.2) is 25.1 Å². The minimum atomic E-state index is -0.492. The average Bonchev–Trinajstić information content (AvgIpc) is 2.88. The molecule has 23 heavy (non-hydrogen) atoms. The molecule has 2 aromatic carbocycles. The Morgan fingerprint density at radius 3 is 2.61 bits per heavy atom. The zero-order valence-corrected chi connectivity index (χ0v) is 12.9. The van der Waals surface area contributed by atoms with Crippen molar-refractivity contribution in [2.75, 3.05) is 12.0 Å². The highest BCUT2D eigenvalue weighted by Crippen LogP contribution is 2.25. The standard InChI is InChI=1S/C18H18N2O3/c1-23-15-9-5-8-14(12-15)20-17(21)16(19-18(20)22)11-10-13-6-3-2-4-7-13/h2-9,12,16H,10-11H2,1H3,(H,19,22). The lowest BCUT2D eigenvalue weighted by atomic mass is 10.1. The maximum absolute atomic E-state index is 12.5. The van der Waals surface area contributed by atoms with Crippen molar-refractivity contribution in [3.8, 4) is 5.75 Å². The van der Waals surface area contributed by atoms with Crippen molar-refractivity contribution in [1.82, 2.24) is 5.32 Å². The van der Waals surface area contributed by atoms with Crippen molar-refractivity contribution in [3.63, 3.8) is 0 Å². The molecule has 1 fully saturated rings. The van der Waals surface area contributed by atoms with Gasteiger partial charge in [0.1, 0.15) is 11.8 Å². The third-order valence-electron chi connectivity index (χ3n) is 3.90. The summed E-state index contributed by atoms with van der Waals surface area (Å²) in [4.78, 5) is 25.9. The van der Waals surface area contributed by atoms with Gasteiger partial charge in [0.2, 0.25) is 0 Å². The number of carbonyl (C=O) groups excluding carboxylic acids is 2. The Balaban J connectivity index is 1.72. The molecule has 3 rings (SSSR count). The lowest BCUT2D eigenvalue weighted by Crippen LogP contribution is -2.31. The van der Waals surface area contributed by atoms with Gasteiger partial charge in [0, 0.05) is 6.07 Å². The fourth-order valence-corrected chi connectivity index (χ4v) is 2.68. The van der Waals surface area contributed by atoms with Gasteiger partial charge in [0.25, 0.3) is 5.91 Å². The fourth-order valence-electron chi connectivity index (χ4n) is 2.68. The van der Waals surface area contributed by atoms with Gasteiger partial charge < -0.3 is 10.1 Å². The van der Waals surface area contributed by atoms with Gasteiger partial charge in [-0.3, -0.25) is 4.79 Å². The van der Waals surface area contributed by atoms with E-state index in [0.717, 1.165) is 12.0 Å². The molecule has 5 heteroatoms. The van der Waals surface area contributed by atoms with Crippen LogP contribution < -0.4 is 15.0 Å². The zero-order chi connectivity index (χ0) is 16.2. The maximum Gasteiger partial charge on any atom is 0.329 e. The summed E-state index contributed by atoms with van der Waals surface area (Å²) in [6.45, 7) is 0. The molecule has 1 N–H and O–H groups in total. The number of rotatable bonds is 5. The van der Waals surface area contributed by atoms with Crippen LogP contribution in [0.3, 0.4) is 0 Å². The van der Waals surface area contributed by atoms with E-state index in [1.54, 1.807) is 31.4 Å². The number of urea groups is 1. The topological polar surface area (TPSA) is 58.6 Å². The number of methoxy groups -OCH3 is 1. The number of ether oxygens (including phenoxy) is 1. The number of amides is 3. The second kappa shape index (κ2) is 6.52. The first kappa shape index (κ1) is 15.1. The van der Waals surface area contributed by atoms with Crippen LogP contribution in [0.25, 0.3) is 0 Å². The predicted octanol–water partition coefficient (Wildman–Crippen LogP) is 2.75. The number of aryl methyl sites for hydroxylation is 1. The van der Waals surface area contributed by atoms with Crippen molar-refractivity contribution >= 4 is 17.6 Å². The van der Waals surface area contributed by atoms with Gasteiger partial charge in [0.15, 0.2) is 0 Å². The summed E-state index contributed by atoms with van der Waals surface area (Å²) in [5.41, 5.74) is 1.67. The Labute approximate surface area is 134 Å². The van der Waals surface area contributed by atoms with Crippen LogP contribution in [0.1, 0.15) is 12.0 Å². The summed E-state index contributed by atoms with van der Waals surface area (Å²) in [7, 11) is 1.55. The number of imide groups is 1. The third kappa shape index (κ3) is 3.18. The molecule has 0 saturated carbocycles. The number of benzene rings is 2. The van der Waals surface area contributed by atoms with Crippen LogP contribution in [0.4, 0.5) is 10.5 Å². The molecule has 3 amide bonds. The average molecular weight is 310 g/mol.